The Bertz CT molecular complexity index is 300. The van der Waals surface area contributed by atoms with Crippen molar-refractivity contribution in [3.05, 3.63) is 0 Å². The maximum absolute atomic E-state index is 11.0. The molecule has 0 amide bonds. The number of rotatable bonds is 1. The lowest BCUT2D eigenvalue weighted by Gasteiger charge is -2.49. The smallest absolute Gasteiger partial charge is 0.0863 e. The molecule has 0 aliphatic heterocycles. The molecule has 3 atom stereocenters. The van der Waals surface area contributed by atoms with Gasteiger partial charge in [0.15, 0.2) is 0 Å². The monoisotopic (exact) mass is 221 g/mol. The van der Waals surface area contributed by atoms with Crippen LogP contribution >= 0.6 is 0 Å². The van der Waals surface area contributed by atoms with Crippen LogP contribution in [0.4, 0.5) is 0 Å². The van der Waals surface area contributed by atoms with Crippen LogP contribution in [0.1, 0.15) is 58.8 Å². The summed E-state index contributed by atoms with van der Waals surface area (Å²) in [4.78, 5) is 0. The Morgan fingerprint density at radius 2 is 1.81 bits per heavy atom. The van der Waals surface area contributed by atoms with Crippen molar-refractivity contribution in [3.8, 4) is 6.07 Å². The van der Waals surface area contributed by atoms with E-state index < -0.39 is 11.0 Å². The fourth-order valence-electron chi connectivity index (χ4n) is 3.89. The van der Waals surface area contributed by atoms with E-state index in [0.717, 1.165) is 38.5 Å². The molecule has 16 heavy (non-hydrogen) atoms. The van der Waals surface area contributed by atoms with Crippen LogP contribution in [-0.4, -0.2) is 10.7 Å². The van der Waals surface area contributed by atoms with E-state index in [4.69, 9.17) is 0 Å². The molecule has 0 spiro atoms. The highest BCUT2D eigenvalue weighted by atomic mass is 16.3. The molecule has 2 aliphatic rings. The molecule has 0 saturated heterocycles. The van der Waals surface area contributed by atoms with Crippen molar-refractivity contribution in [1.82, 2.24) is 0 Å². The van der Waals surface area contributed by atoms with Gasteiger partial charge in [-0.15, -0.1) is 0 Å². The standard InChI is InChI=1S/C14H23NO/c1-11-5-6-12(2)14(16,9-11)13(10-15)7-3-4-8-13/h11-12,16H,3-9H2,1-2H3. The van der Waals surface area contributed by atoms with Crippen LogP contribution in [0.2, 0.25) is 0 Å². The zero-order valence-electron chi connectivity index (χ0n) is 10.5. The van der Waals surface area contributed by atoms with E-state index in [1.807, 2.05) is 0 Å². The van der Waals surface area contributed by atoms with Gasteiger partial charge < -0.3 is 5.11 Å². The van der Waals surface area contributed by atoms with Gasteiger partial charge in [0.25, 0.3) is 0 Å². The third-order valence-corrected chi connectivity index (χ3v) is 5.07. The van der Waals surface area contributed by atoms with E-state index in [1.54, 1.807) is 0 Å². The van der Waals surface area contributed by atoms with Crippen molar-refractivity contribution >= 4 is 0 Å². The SMILES string of the molecule is CC1CCC(C)C(O)(C2(C#N)CCCC2)C1. The van der Waals surface area contributed by atoms with Crippen LogP contribution in [0.25, 0.3) is 0 Å². The highest BCUT2D eigenvalue weighted by Crippen LogP contribution is 2.54. The van der Waals surface area contributed by atoms with E-state index in [1.165, 1.54) is 6.42 Å². The van der Waals surface area contributed by atoms with Gasteiger partial charge in [-0.2, -0.15) is 5.26 Å². The molecule has 0 aromatic rings. The molecule has 2 heteroatoms. The number of nitriles is 1. The largest absolute Gasteiger partial charge is 0.388 e. The van der Waals surface area contributed by atoms with Crippen LogP contribution in [-0.2, 0) is 0 Å². The van der Waals surface area contributed by atoms with E-state index in [9.17, 15) is 10.4 Å². The topological polar surface area (TPSA) is 44.0 Å². The second kappa shape index (κ2) is 4.04. The minimum Gasteiger partial charge on any atom is -0.388 e. The molecule has 2 rings (SSSR count). The number of nitrogens with zero attached hydrogens (tertiary/aromatic N) is 1. The number of hydrogen-bond acceptors (Lipinski definition) is 2. The summed E-state index contributed by atoms with van der Waals surface area (Å²) in [6, 6.07) is 2.49. The lowest BCUT2D eigenvalue weighted by atomic mass is 9.58. The number of aliphatic hydroxyl groups is 1. The van der Waals surface area contributed by atoms with Crippen LogP contribution in [0, 0.1) is 28.6 Å². The lowest BCUT2D eigenvalue weighted by molar-refractivity contribution is -0.128. The summed E-state index contributed by atoms with van der Waals surface area (Å²) in [5.74, 6) is 0.841. The molecule has 0 bridgehead atoms. The van der Waals surface area contributed by atoms with Crippen molar-refractivity contribution in [2.24, 2.45) is 17.3 Å². The highest BCUT2D eigenvalue weighted by molar-refractivity contribution is 5.16. The minimum absolute atomic E-state index is 0.279. The van der Waals surface area contributed by atoms with Gasteiger partial charge >= 0.3 is 0 Å². The fourth-order valence-corrected chi connectivity index (χ4v) is 3.89. The van der Waals surface area contributed by atoms with Crippen LogP contribution in [0.3, 0.4) is 0 Å². The van der Waals surface area contributed by atoms with Crippen molar-refractivity contribution < 1.29 is 5.11 Å². The summed E-state index contributed by atoms with van der Waals surface area (Å²) in [7, 11) is 0. The first-order chi connectivity index (χ1) is 7.54. The van der Waals surface area contributed by atoms with Gasteiger partial charge in [-0.05, 0) is 37.5 Å². The van der Waals surface area contributed by atoms with Gasteiger partial charge in [-0.3, -0.25) is 0 Å². The summed E-state index contributed by atoms with van der Waals surface area (Å²) in [6.07, 6.45) is 7.11. The van der Waals surface area contributed by atoms with Crippen molar-refractivity contribution in [2.75, 3.05) is 0 Å². The molecule has 3 unspecified atom stereocenters. The Morgan fingerprint density at radius 1 is 1.19 bits per heavy atom. The zero-order valence-corrected chi connectivity index (χ0v) is 10.5. The number of hydrogen-bond donors (Lipinski definition) is 1. The van der Waals surface area contributed by atoms with Gasteiger partial charge in [0, 0.05) is 0 Å². The first kappa shape index (κ1) is 11.9. The molecule has 0 aromatic carbocycles. The molecule has 90 valence electrons. The third kappa shape index (κ3) is 1.57. The highest BCUT2D eigenvalue weighted by Gasteiger charge is 2.56. The van der Waals surface area contributed by atoms with Crippen molar-refractivity contribution in [3.63, 3.8) is 0 Å². The van der Waals surface area contributed by atoms with Gasteiger partial charge in [0.05, 0.1) is 17.1 Å². The molecular formula is C14H23NO. The molecule has 2 aliphatic carbocycles. The van der Waals surface area contributed by atoms with Crippen LogP contribution in [0.5, 0.6) is 0 Å². The third-order valence-electron chi connectivity index (χ3n) is 5.07. The van der Waals surface area contributed by atoms with Crippen molar-refractivity contribution in [2.45, 2.75) is 64.4 Å². The Labute approximate surface area is 98.7 Å². The molecule has 1 N–H and O–H groups in total. The van der Waals surface area contributed by atoms with E-state index >= 15 is 0 Å². The minimum atomic E-state index is -0.726. The molecule has 0 radical (unpaired) electrons. The summed E-state index contributed by atoms with van der Waals surface area (Å²) in [6.45, 7) is 4.33. The Kier molecular flexibility index (Phi) is 3.01. The van der Waals surface area contributed by atoms with Crippen LogP contribution < -0.4 is 0 Å². The predicted octanol–water partition coefficient (Wildman–Crippen LogP) is 3.26. The summed E-state index contributed by atoms with van der Waals surface area (Å²) in [5, 5.41) is 20.6. The molecule has 0 heterocycles. The van der Waals surface area contributed by atoms with Gasteiger partial charge in [-0.25, -0.2) is 0 Å². The maximum atomic E-state index is 11.0. The normalized spacial score (nSPS) is 42.9. The molecule has 0 aromatic heterocycles. The van der Waals surface area contributed by atoms with E-state index in [2.05, 4.69) is 19.9 Å². The fraction of sp³-hybridized carbons (Fsp3) is 0.929. The van der Waals surface area contributed by atoms with E-state index in [0.29, 0.717) is 5.92 Å². The molecule has 2 nitrogen and oxygen atoms in total. The second-order valence-corrected chi connectivity index (χ2v) is 6.11. The zero-order chi connectivity index (χ0) is 11.8. The molecule has 2 fully saturated rings. The second-order valence-electron chi connectivity index (χ2n) is 6.11. The predicted molar refractivity (Wildman–Crippen MR) is 63.6 cm³/mol. The summed E-state index contributed by atoms with van der Waals surface area (Å²) in [5.41, 5.74) is -1.17. The first-order valence-corrected chi connectivity index (χ1v) is 6.68. The van der Waals surface area contributed by atoms with Gasteiger partial charge in [0.2, 0.25) is 0 Å². The first-order valence-electron chi connectivity index (χ1n) is 6.68. The van der Waals surface area contributed by atoms with Crippen LogP contribution in [0.15, 0.2) is 0 Å². The Hall–Kier alpha value is -0.550. The molecular weight excluding hydrogens is 198 g/mol. The van der Waals surface area contributed by atoms with E-state index in [-0.39, 0.29) is 5.92 Å². The summed E-state index contributed by atoms with van der Waals surface area (Å²) < 4.78 is 0. The van der Waals surface area contributed by atoms with Gasteiger partial charge in [-0.1, -0.05) is 33.1 Å². The average Bonchev–Trinajstić information content (AvgIpc) is 2.74. The lowest BCUT2D eigenvalue weighted by Crippen LogP contribution is -2.54. The quantitative estimate of drug-likeness (QED) is 0.738. The van der Waals surface area contributed by atoms with Gasteiger partial charge in [0.1, 0.15) is 0 Å². The maximum Gasteiger partial charge on any atom is 0.0863 e. The Morgan fingerprint density at radius 3 is 2.38 bits per heavy atom. The average molecular weight is 221 g/mol. The molecule has 2 saturated carbocycles. The summed E-state index contributed by atoms with van der Waals surface area (Å²) >= 11 is 0. The Balaban J connectivity index is 2.31. The van der Waals surface area contributed by atoms with Crippen molar-refractivity contribution in [1.29, 1.82) is 5.26 Å².